The van der Waals surface area contributed by atoms with Gasteiger partial charge in [-0.3, -0.25) is 0 Å². The summed E-state index contributed by atoms with van der Waals surface area (Å²) < 4.78 is 3.62. The largest absolute Gasteiger partial charge is 0.383 e. The molecule has 0 aliphatic carbocycles. The van der Waals surface area contributed by atoms with Crippen molar-refractivity contribution >= 4 is 39.4 Å². The number of nitrogens with zero attached hydrogens (tertiary/aromatic N) is 7. The zero-order valence-electron chi connectivity index (χ0n) is 16.8. The zero-order valence-corrected chi connectivity index (χ0v) is 17.5. The maximum Gasteiger partial charge on any atom is 0.164 e. The van der Waals surface area contributed by atoms with Gasteiger partial charge >= 0.3 is 0 Å². The molecule has 2 aromatic carbocycles. The molecule has 5 aromatic rings. The number of fused-ring (bicyclic) bond motifs is 2. The average Bonchev–Trinajstić information content (AvgIpc) is 3.32. The molecule has 0 bridgehead atoms. The van der Waals surface area contributed by atoms with E-state index in [1.165, 1.54) is 6.33 Å². The molecule has 0 amide bonds. The second-order valence-electron chi connectivity index (χ2n) is 7.28. The predicted molar refractivity (Wildman–Crippen MR) is 119 cm³/mol. The monoisotopic (exact) mass is 428 g/mol. The van der Waals surface area contributed by atoms with E-state index >= 15 is 0 Å². The lowest BCUT2D eigenvalue weighted by Crippen LogP contribution is -2.11. The van der Waals surface area contributed by atoms with Gasteiger partial charge in [0.15, 0.2) is 5.65 Å². The van der Waals surface area contributed by atoms with Crippen LogP contribution in [0.15, 0.2) is 48.8 Å². The molecule has 1 atom stereocenters. The summed E-state index contributed by atoms with van der Waals surface area (Å²) in [6.45, 7) is 3.89. The molecule has 1 unspecified atom stereocenters. The van der Waals surface area contributed by atoms with E-state index in [9.17, 15) is 5.26 Å². The molecule has 3 heterocycles. The Bertz CT molecular complexity index is 1510. The Hall–Kier alpha value is -3.96. The molecule has 2 N–H and O–H groups in total. The summed E-state index contributed by atoms with van der Waals surface area (Å²) >= 11 is 6.30. The first-order valence-electron chi connectivity index (χ1n) is 9.62. The Kier molecular flexibility index (Phi) is 4.34. The molecule has 5 rings (SSSR count). The highest BCUT2D eigenvalue weighted by atomic mass is 35.5. The van der Waals surface area contributed by atoms with Gasteiger partial charge in [0.25, 0.3) is 0 Å². The summed E-state index contributed by atoms with van der Waals surface area (Å²) in [6, 6.07) is 14.9. The first kappa shape index (κ1) is 19.0. The van der Waals surface area contributed by atoms with Crippen LogP contribution in [0, 0.1) is 18.3 Å². The van der Waals surface area contributed by atoms with Gasteiger partial charge in [0.05, 0.1) is 45.7 Å². The highest BCUT2D eigenvalue weighted by Gasteiger charge is 2.23. The van der Waals surface area contributed by atoms with Crippen LogP contribution in [0.2, 0.25) is 5.02 Å². The van der Waals surface area contributed by atoms with E-state index in [1.807, 2.05) is 48.9 Å². The van der Waals surface area contributed by atoms with Crippen LogP contribution in [0.3, 0.4) is 0 Å². The van der Waals surface area contributed by atoms with Crippen molar-refractivity contribution < 1.29 is 0 Å². The summed E-state index contributed by atoms with van der Waals surface area (Å²) in [6.07, 6.45) is 1.44. The van der Waals surface area contributed by atoms with Crippen LogP contribution in [-0.2, 0) is 0 Å². The molecule has 9 heteroatoms. The third-order valence-electron chi connectivity index (χ3n) is 5.35. The van der Waals surface area contributed by atoms with Gasteiger partial charge in [-0.05, 0) is 50.2 Å². The average molecular weight is 429 g/mol. The Morgan fingerprint density at radius 3 is 2.77 bits per heavy atom. The molecule has 0 saturated carbocycles. The minimum Gasteiger partial charge on any atom is -0.383 e. The summed E-state index contributed by atoms with van der Waals surface area (Å²) in [7, 11) is 0. The van der Waals surface area contributed by atoms with Gasteiger partial charge in [0, 0.05) is 10.4 Å². The Balaban J connectivity index is 1.75. The van der Waals surface area contributed by atoms with Gasteiger partial charge in [-0.1, -0.05) is 17.7 Å². The lowest BCUT2D eigenvalue weighted by Gasteiger charge is -2.11. The molecule has 0 spiro atoms. The summed E-state index contributed by atoms with van der Waals surface area (Å²) in [5.41, 5.74) is 10.4. The van der Waals surface area contributed by atoms with Crippen molar-refractivity contribution in [2.24, 2.45) is 0 Å². The number of nitrogen functional groups attached to an aromatic ring is 1. The van der Waals surface area contributed by atoms with E-state index in [1.54, 1.807) is 16.8 Å². The van der Waals surface area contributed by atoms with Crippen molar-refractivity contribution in [3.8, 4) is 11.8 Å². The molecular formula is C22H17ClN8. The fourth-order valence-corrected chi connectivity index (χ4v) is 4.05. The normalized spacial score (nSPS) is 12.3. The topological polar surface area (TPSA) is 111 Å². The highest BCUT2D eigenvalue weighted by Crippen LogP contribution is 2.32. The van der Waals surface area contributed by atoms with Crippen LogP contribution < -0.4 is 5.73 Å². The number of aryl methyl sites for hydroxylation is 1. The third kappa shape index (κ3) is 2.98. The van der Waals surface area contributed by atoms with Crippen LogP contribution in [0.4, 0.5) is 5.82 Å². The number of aromatic nitrogens is 6. The van der Waals surface area contributed by atoms with Crippen molar-refractivity contribution in [1.82, 2.24) is 29.5 Å². The van der Waals surface area contributed by atoms with Crippen molar-refractivity contribution in [3.05, 3.63) is 70.8 Å². The SMILES string of the molecule is Cc1nn(C(C)c2nn(-c3cccc(C#N)c3)c3cc(Cl)ccc23)c2ncnc(N)c12. The number of nitriles is 1. The van der Waals surface area contributed by atoms with Gasteiger partial charge in [-0.15, -0.1) is 0 Å². The summed E-state index contributed by atoms with van der Waals surface area (Å²) in [5, 5.41) is 21.2. The minimum atomic E-state index is -0.241. The quantitative estimate of drug-likeness (QED) is 0.461. The van der Waals surface area contributed by atoms with Crippen LogP contribution in [0.1, 0.15) is 29.9 Å². The standard InChI is InChI=1S/C22H17ClN8/c1-12-19-21(25)26-11-27-22(19)30(28-12)13(2)20-17-7-6-15(23)9-18(17)31(29-20)16-5-3-4-14(8-16)10-24/h3-9,11,13H,1-2H3,(H2,25,26,27). The number of anilines is 1. The molecule has 31 heavy (non-hydrogen) atoms. The molecule has 8 nitrogen and oxygen atoms in total. The second-order valence-corrected chi connectivity index (χ2v) is 7.72. The maximum absolute atomic E-state index is 9.30. The van der Waals surface area contributed by atoms with Gasteiger partial charge in [0.2, 0.25) is 0 Å². The second kappa shape index (κ2) is 7.07. The van der Waals surface area contributed by atoms with E-state index in [2.05, 4.69) is 21.1 Å². The predicted octanol–water partition coefficient (Wildman–Crippen LogP) is 4.19. The Morgan fingerprint density at radius 1 is 1.13 bits per heavy atom. The third-order valence-corrected chi connectivity index (χ3v) is 5.58. The zero-order chi connectivity index (χ0) is 21.7. The number of halogens is 1. The number of hydrogen-bond acceptors (Lipinski definition) is 6. The molecule has 0 aliphatic heterocycles. The van der Waals surface area contributed by atoms with Crippen LogP contribution in [-0.4, -0.2) is 29.5 Å². The molecular weight excluding hydrogens is 412 g/mol. The summed E-state index contributed by atoms with van der Waals surface area (Å²) in [5.74, 6) is 0.399. The van der Waals surface area contributed by atoms with Gasteiger partial charge < -0.3 is 5.73 Å². The fourth-order valence-electron chi connectivity index (χ4n) is 3.88. The fraction of sp³-hybridized carbons (Fsp3) is 0.136. The summed E-state index contributed by atoms with van der Waals surface area (Å²) in [4.78, 5) is 8.49. The van der Waals surface area contributed by atoms with Gasteiger partial charge in [-0.2, -0.15) is 15.5 Å². The lowest BCUT2D eigenvalue weighted by atomic mass is 10.1. The van der Waals surface area contributed by atoms with Gasteiger partial charge in [-0.25, -0.2) is 19.3 Å². The number of nitrogens with two attached hydrogens (primary N) is 1. The Labute approximate surface area is 182 Å². The first-order valence-corrected chi connectivity index (χ1v) is 9.99. The molecule has 0 fully saturated rings. The van der Waals surface area contributed by atoms with Crippen molar-refractivity contribution in [2.45, 2.75) is 19.9 Å². The maximum atomic E-state index is 9.30. The molecule has 0 radical (unpaired) electrons. The van der Waals surface area contributed by atoms with Crippen molar-refractivity contribution in [3.63, 3.8) is 0 Å². The first-order chi connectivity index (χ1) is 15.0. The van der Waals surface area contributed by atoms with E-state index in [4.69, 9.17) is 22.4 Å². The molecule has 3 aromatic heterocycles. The minimum absolute atomic E-state index is 0.241. The van der Waals surface area contributed by atoms with E-state index in [-0.39, 0.29) is 6.04 Å². The van der Waals surface area contributed by atoms with Gasteiger partial charge in [0.1, 0.15) is 12.1 Å². The number of benzene rings is 2. The van der Waals surface area contributed by atoms with E-state index in [0.717, 1.165) is 33.4 Å². The van der Waals surface area contributed by atoms with Crippen LogP contribution >= 0.6 is 11.6 Å². The molecule has 152 valence electrons. The number of rotatable bonds is 3. The van der Waals surface area contributed by atoms with Crippen LogP contribution in [0.5, 0.6) is 0 Å². The van der Waals surface area contributed by atoms with Crippen LogP contribution in [0.25, 0.3) is 27.6 Å². The van der Waals surface area contributed by atoms with E-state index in [0.29, 0.717) is 22.1 Å². The van der Waals surface area contributed by atoms with Crippen molar-refractivity contribution in [2.75, 3.05) is 5.73 Å². The Morgan fingerprint density at radius 2 is 1.97 bits per heavy atom. The van der Waals surface area contributed by atoms with E-state index < -0.39 is 0 Å². The smallest absolute Gasteiger partial charge is 0.164 e. The highest BCUT2D eigenvalue weighted by molar-refractivity contribution is 6.31. The lowest BCUT2D eigenvalue weighted by molar-refractivity contribution is 0.559. The molecule has 0 saturated heterocycles. The molecule has 0 aliphatic rings. The number of hydrogen-bond donors (Lipinski definition) is 1. The van der Waals surface area contributed by atoms with Crippen molar-refractivity contribution in [1.29, 1.82) is 5.26 Å².